The van der Waals surface area contributed by atoms with E-state index < -0.39 is 30.0 Å². The topological polar surface area (TPSA) is 94.0 Å². The SMILES string of the molecule is O=C(O)[C@@H]1[C@H]2CCC(CN1C(=O)N(c1ccccc1)c1ccccc1)N2C(=O)C#Cc1ccccn1. The molecule has 2 aromatic carbocycles. The van der Waals surface area contributed by atoms with Crippen molar-refractivity contribution in [1.29, 1.82) is 0 Å². The van der Waals surface area contributed by atoms with E-state index in [9.17, 15) is 19.5 Å². The number of likely N-dealkylation sites (tertiary alicyclic amines) is 1. The molecule has 2 saturated heterocycles. The minimum absolute atomic E-state index is 0.111. The van der Waals surface area contributed by atoms with Gasteiger partial charge >= 0.3 is 12.0 Å². The Morgan fingerprint density at radius 2 is 1.53 bits per heavy atom. The molecule has 3 aromatic rings. The number of anilines is 2. The summed E-state index contributed by atoms with van der Waals surface area (Å²) in [6.07, 6.45) is 2.68. The number of nitrogens with zero attached hydrogens (tertiary/aromatic N) is 4. The number of aliphatic carboxylic acids is 1. The summed E-state index contributed by atoms with van der Waals surface area (Å²) < 4.78 is 0. The molecule has 1 N–H and O–H groups in total. The largest absolute Gasteiger partial charge is 0.480 e. The maximum atomic E-state index is 14.0. The van der Waals surface area contributed by atoms with Crippen LogP contribution in [-0.4, -0.2) is 62.5 Å². The molecule has 5 rings (SSSR count). The average molecular weight is 481 g/mol. The number of aromatic nitrogens is 1. The summed E-state index contributed by atoms with van der Waals surface area (Å²) in [5.74, 6) is 3.78. The predicted octanol–water partition coefficient (Wildman–Crippen LogP) is 3.52. The summed E-state index contributed by atoms with van der Waals surface area (Å²) in [6, 6.07) is 20.9. The Kier molecular flexibility index (Phi) is 6.37. The average Bonchev–Trinajstić information content (AvgIpc) is 3.21. The molecule has 0 aliphatic carbocycles. The van der Waals surface area contributed by atoms with Gasteiger partial charge < -0.3 is 14.9 Å². The van der Waals surface area contributed by atoms with Crippen molar-refractivity contribution in [3.63, 3.8) is 0 Å². The zero-order chi connectivity index (χ0) is 25.1. The molecular weight excluding hydrogens is 456 g/mol. The monoisotopic (exact) mass is 480 g/mol. The molecule has 3 atom stereocenters. The fourth-order valence-corrected chi connectivity index (χ4v) is 5.03. The van der Waals surface area contributed by atoms with E-state index in [1.807, 2.05) is 60.7 Å². The number of carboxylic acids is 1. The molecule has 180 valence electrons. The van der Waals surface area contributed by atoms with E-state index in [0.717, 1.165) is 0 Å². The standard InChI is InChI=1S/C28H24N4O4/c33-25(17-14-20-9-7-8-18-29-20)32-23-15-16-24(32)26(27(34)35)30(19-23)28(36)31(21-10-3-1-4-11-21)22-12-5-2-6-13-22/h1-13,18,23-24,26H,15-16,19H2,(H,34,35)/t23?,24-,26+/m1/s1. The van der Waals surface area contributed by atoms with Crippen LogP contribution in [0.5, 0.6) is 0 Å². The molecule has 3 heterocycles. The number of rotatable bonds is 3. The zero-order valence-electron chi connectivity index (χ0n) is 19.4. The summed E-state index contributed by atoms with van der Waals surface area (Å²) >= 11 is 0. The van der Waals surface area contributed by atoms with Crippen LogP contribution in [0.1, 0.15) is 18.5 Å². The number of hydrogen-bond donors (Lipinski definition) is 1. The van der Waals surface area contributed by atoms with Crippen LogP contribution in [0.3, 0.4) is 0 Å². The first-order chi connectivity index (χ1) is 17.5. The third-order valence-corrected chi connectivity index (χ3v) is 6.57. The summed E-state index contributed by atoms with van der Waals surface area (Å²) in [6.45, 7) is 0.111. The highest BCUT2D eigenvalue weighted by Crippen LogP contribution is 2.37. The lowest BCUT2D eigenvalue weighted by atomic mass is 10.0. The lowest BCUT2D eigenvalue weighted by molar-refractivity contribution is -0.149. The van der Waals surface area contributed by atoms with Crippen molar-refractivity contribution in [3.05, 3.63) is 90.8 Å². The van der Waals surface area contributed by atoms with Gasteiger partial charge in [-0.1, -0.05) is 42.5 Å². The second kappa shape index (κ2) is 9.92. The number of carbonyl (C=O) groups is 3. The van der Waals surface area contributed by atoms with Gasteiger partial charge in [-0.15, -0.1) is 0 Å². The van der Waals surface area contributed by atoms with Crippen molar-refractivity contribution in [2.45, 2.75) is 31.0 Å². The molecular formula is C28H24N4O4. The lowest BCUT2D eigenvalue weighted by Crippen LogP contribution is -2.66. The Bertz CT molecular complexity index is 1280. The van der Waals surface area contributed by atoms with Crippen molar-refractivity contribution in [2.75, 3.05) is 11.4 Å². The van der Waals surface area contributed by atoms with Gasteiger partial charge in [0.25, 0.3) is 5.91 Å². The molecule has 0 saturated carbocycles. The van der Waals surface area contributed by atoms with Crippen LogP contribution in [0.15, 0.2) is 85.1 Å². The minimum atomic E-state index is -1.19. The highest BCUT2D eigenvalue weighted by atomic mass is 16.4. The fraction of sp³-hybridized carbons (Fsp3) is 0.214. The second-order valence-corrected chi connectivity index (χ2v) is 8.70. The van der Waals surface area contributed by atoms with Gasteiger partial charge in [-0.05, 0) is 55.2 Å². The third-order valence-electron chi connectivity index (χ3n) is 6.57. The molecule has 1 aromatic heterocycles. The Morgan fingerprint density at radius 3 is 2.11 bits per heavy atom. The van der Waals surface area contributed by atoms with Crippen LogP contribution in [0.4, 0.5) is 16.2 Å². The first-order valence-corrected chi connectivity index (χ1v) is 11.7. The highest BCUT2D eigenvalue weighted by Gasteiger charge is 2.53. The van der Waals surface area contributed by atoms with E-state index in [1.165, 1.54) is 9.80 Å². The first-order valence-electron chi connectivity index (χ1n) is 11.7. The van der Waals surface area contributed by atoms with Gasteiger partial charge in [0.1, 0.15) is 5.69 Å². The van der Waals surface area contributed by atoms with Gasteiger partial charge in [0.15, 0.2) is 6.04 Å². The van der Waals surface area contributed by atoms with Gasteiger partial charge in [-0.3, -0.25) is 9.69 Å². The number of para-hydroxylation sites is 2. The number of piperazine rings is 1. The number of hydrogen-bond acceptors (Lipinski definition) is 4. The maximum Gasteiger partial charge on any atom is 0.329 e. The van der Waals surface area contributed by atoms with Crippen molar-refractivity contribution in [1.82, 2.24) is 14.8 Å². The van der Waals surface area contributed by atoms with Gasteiger partial charge in [0, 0.05) is 18.7 Å². The van der Waals surface area contributed by atoms with E-state index in [0.29, 0.717) is 29.9 Å². The molecule has 2 aliphatic heterocycles. The Balaban J connectivity index is 1.46. The number of urea groups is 1. The second-order valence-electron chi connectivity index (χ2n) is 8.70. The fourth-order valence-electron chi connectivity index (χ4n) is 5.03. The van der Waals surface area contributed by atoms with E-state index in [1.54, 1.807) is 29.3 Å². The molecule has 0 radical (unpaired) electrons. The number of carbonyl (C=O) groups excluding carboxylic acids is 2. The van der Waals surface area contributed by atoms with Crippen LogP contribution in [0.2, 0.25) is 0 Å². The predicted molar refractivity (Wildman–Crippen MR) is 133 cm³/mol. The quantitative estimate of drug-likeness (QED) is 0.579. The highest BCUT2D eigenvalue weighted by molar-refractivity contribution is 6.02. The zero-order valence-corrected chi connectivity index (χ0v) is 19.4. The number of benzene rings is 2. The molecule has 2 aliphatic rings. The van der Waals surface area contributed by atoms with Gasteiger partial charge in [-0.2, -0.15) is 0 Å². The number of fused-ring (bicyclic) bond motifs is 2. The molecule has 2 bridgehead atoms. The number of carboxylic acid groups (broad SMARTS) is 1. The number of amides is 3. The lowest BCUT2D eigenvalue weighted by Gasteiger charge is -2.45. The van der Waals surface area contributed by atoms with Crippen LogP contribution in [0, 0.1) is 11.8 Å². The smallest absolute Gasteiger partial charge is 0.329 e. The molecule has 8 nitrogen and oxygen atoms in total. The maximum absolute atomic E-state index is 14.0. The van der Waals surface area contributed by atoms with E-state index >= 15 is 0 Å². The van der Waals surface area contributed by atoms with Gasteiger partial charge in [0.2, 0.25) is 0 Å². The third kappa shape index (κ3) is 4.39. The summed E-state index contributed by atoms with van der Waals surface area (Å²) in [4.78, 5) is 48.1. The minimum Gasteiger partial charge on any atom is -0.480 e. The molecule has 3 amide bonds. The van der Waals surface area contributed by atoms with Crippen LogP contribution < -0.4 is 4.90 Å². The molecule has 8 heteroatoms. The molecule has 2 fully saturated rings. The summed E-state index contributed by atoms with van der Waals surface area (Å²) in [5, 5.41) is 10.2. The Morgan fingerprint density at radius 1 is 0.889 bits per heavy atom. The van der Waals surface area contributed by atoms with Crippen molar-refractivity contribution in [2.24, 2.45) is 0 Å². The van der Waals surface area contributed by atoms with Crippen molar-refractivity contribution in [3.8, 4) is 11.8 Å². The van der Waals surface area contributed by atoms with Crippen molar-refractivity contribution < 1.29 is 19.5 Å². The van der Waals surface area contributed by atoms with E-state index in [4.69, 9.17) is 0 Å². The van der Waals surface area contributed by atoms with Crippen LogP contribution in [-0.2, 0) is 9.59 Å². The molecule has 1 unspecified atom stereocenters. The Hall–Kier alpha value is -4.64. The summed E-state index contributed by atoms with van der Waals surface area (Å²) in [5.41, 5.74) is 1.72. The Labute approximate surface area is 208 Å². The first kappa shape index (κ1) is 23.1. The number of pyridine rings is 1. The van der Waals surface area contributed by atoms with E-state index in [2.05, 4.69) is 16.8 Å². The molecule has 36 heavy (non-hydrogen) atoms. The van der Waals surface area contributed by atoms with Gasteiger partial charge in [0.05, 0.1) is 23.5 Å². The normalized spacial score (nSPS) is 20.3. The molecule has 0 spiro atoms. The van der Waals surface area contributed by atoms with Crippen LogP contribution in [0.25, 0.3) is 0 Å². The van der Waals surface area contributed by atoms with E-state index in [-0.39, 0.29) is 12.6 Å². The summed E-state index contributed by atoms with van der Waals surface area (Å²) in [7, 11) is 0. The van der Waals surface area contributed by atoms with Gasteiger partial charge in [-0.25, -0.2) is 14.6 Å². The van der Waals surface area contributed by atoms with Crippen LogP contribution >= 0.6 is 0 Å². The van der Waals surface area contributed by atoms with Crippen molar-refractivity contribution >= 4 is 29.3 Å².